The summed E-state index contributed by atoms with van der Waals surface area (Å²) >= 11 is 0. The van der Waals surface area contributed by atoms with Gasteiger partial charge >= 0.3 is 0 Å². The summed E-state index contributed by atoms with van der Waals surface area (Å²) in [5.41, 5.74) is 8.91. The van der Waals surface area contributed by atoms with Crippen molar-refractivity contribution < 1.29 is 19.1 Å². The van der Waals surface area contributed by atoms with Gasteiger partial charge in [0.25, 0.3) is 5.91 Å². The summed E-state index contributed by atoms with van der Waals surface area (Å²) in [5, 5.41) is 2.73. The second kappa shape index (κ2) is 36.3. The summed E-state index contributed by atoms with van der Waals surface area (Å²) < 4.78 is 4.80. The van der Waals surface area contributed by atoms with Crippen molar-refractivity contribution in [3.63, 3.8) is 0 Å². The first-order valence-electron chi connectivity index (χ1n) is 20.0. The number of carbonyl (C=O) groups excluding carboxylic acids is 3. The van der Waals surface area contributed by atoms with Crippen molar-refractivity contribution in [2.24, 2.45) is 11.8 Å². The van der Waals surface area contributed by atoms with E-state index >= 15 is 0 Å². The number of amides is 1. The number of carbonyl (C=O) groups is 3. The monoisotopic (exact) mass is 757 g/mol. The number of methoxy groups -OCH3 is 1. The Bertz CT molecular complexity index is 1520. The minimum Gasteiger partial charge on any atom is -0.497 e. The molecule has 6 heteroatoms. The number of unbranched alkanes of at least 4 members (excludes halogenated alkanes) is 2. The molecule has 0 aliphatic rings. The maximum atomic E-state index is 11.5. The van der Waals surface area contributed by atoms with Gasteiger partial charge in [-0.05, 0) is 78.0 Å². The second-order valence-corrected chi connectivity index (χ2v) is 13.9. The minimum atomic E-state index is -0.377. The number of fused-ring (bicyclic) bond motifs is 1. The van der Waals surface area contributed by atoms with Gasteiger partial charge in [-0.1, -0.05) is 175 Å². The number of nitrogens with one attached hydrogen (secondary N) is 2. The lowest BCUT2D eigenvalue weighted by molar-refractivity contribution is -0.117. The smallest absolute Gasteiger partial charge is 0.262 e. The second-order valence-electron chi connectivity index (χ2n) is 13.9. The SMILES string of the molecule is C/C=C\CCCC.C=C(CCc1ccc(C=O)cc1C=O)NNC(=O)/C=C/C(=C)OC.CC.CC(C)C.CC(C)c1cccc2ccccc12.CCC(C)C. The molecule has 0 radical (unpaired) electrons. The largest absolute Gasteiger partial charge is 0.497 e. The van der Waals surface area contributed by atoms with Gasteiger partial charge < -0.3 is 10.2 Å². The molecule has 6 nitrogen and oxygen atoms in total. The summed E-state index contributed by atoms with van der Waals surface area (Å²) in [6, 6.07) is 20.0. The molecule has 3 aromatic rings. The van der Waals surface area contributed by atoms with Crippen LogP contribution in [0.3, 0.4) is 0 Å². The summed E-state index contributed by atoms with van der Waals surface area (Å²) in [6.45, 7) is 33.3. The highest BCUT2D eigenvalue weighted by atomic mass is 16.5. The van der Waals surface area contributed by atoms with E-state index in [9.17, 15) is 14.4 Å². The van der Waals surface area contributed by atoms with E-state index in [0.29, 0.717) is 53.9 Å². The highest BCUT2D eigenvalue weighted by Gasteiger charge is 2.05. The molecule has 0 saturated carbocycles. The molecule has 0 spiro atoms. The summed E-state index contributed by atoms with van der Waals surface area (Å²) in [6.07, 6.45) is 14.7. The van der Waals surface area contributed by atoms with Gasteiger partial charge in [0.05, 0.1) is 7.11 Å². The molecular formula is C49H76N2O4. The fourth-order valence-corrected chi connectivity index (χ4v) is 4.04. The third kappa shape index (κ3) is 30.3. The van der Waals surface area contributed by atoms with Crippen LogP contribution >= 0.6 is 0 Å². The zero-order valence-electron chi connectivity index (χ0n) is 36.8. The average molecular weight is 757 g/mol. The molecule has 55 heavy (non-hydrogen) atoms. The first-order valence-corrected chi connectivity index (χ1v) is 20.0. The molecule has 0 aromatic heterocycles. The van der Waals surface area contributed by atoms with Crippen LogP contribution in [0.5, 0.6) is 0 Å². The lowest BCUT2D eigenvalue weighted by Crippen LogP contribution is -2.35. The lowest BCUT2D eigenvalue weighted by atomic mass is 9.96. The number of aryl methyl sites for hydroxylation is 1. The third-order valence-corrected chi connectivity index (χ3v) is 7.40. The molecular weight excluding hydrogens is 681 g/mol. The Kier molecular flexibility index (Phi) is 36.0. The van der Waals surface area contributed by atoms with Crippen LogP contribution in [0, 0.1) is 11.8 Å². The van der Waals surface area contributed by atoms with Crippen LogP contribution in [0.25, 0.3) is 10.8 Å². The first kappa shape index (κ1) is 54.6. The number of hydrogen-bond acceptors (Lipinski definition) is 5. The fourth-order valence-electron chi connectivity index (χ4n) is 4.04. The number of ether oxygens (including phenoxy) is 1. The van der Waals surface area contributed by atoms with Crippen LogP contribution in [-0.2, 0) is 16.0 Å². The molecule has 0 fully saturated rings. The molecule has 3 rings (SSSR count). The van der Waals surface area contributed by atoms with Crippen molar-refractivity contribution in [1.29, 1.82) is 0 Å². The van der Waals surface area contributed by atoms with Crippen molar-refractivity contribution in [1.82, 2.24) is 10.9 Å². The maximum absolute atomic E-state index is 11.5. The Labute approximate surface area is 336 Å². The van der Waals surface area contributed by atoms with E-state index in [4.69, 9.17) is 4.74 Å². The van der Waals surface area contributed by atoms with Gasteiger partial charge in [0, 0.05) is 22.9 Å². The van der Waals surface area contributed by atoms with Crippen LogP contribution in [-0.4, -0.2) is 25.6 Å². The van der Waals surface area contributed by atoms with Crippen LogP contribution in [0.15, 0.2) is 110 Å². The number of aldehydes is 2. The van der Waals surface area contributed by atoms with E-state index in [-0.39, 0.29) is 5.91 Å². The normalized spacial score (nSPS) is 9.96. The molecule has 0 aliphatic heterocycles. The maximum Gasteiger partial charge on any atom is 0.262 e. The molecule has 0 aliphatic carbocycles. The van der Waals surface area contributed by atoms with Gasteiger partial charge in [0.1, 0.15) is 18.3 Å². The van der Waals surface area contributed by atoms with E-state index in [2.05, 4.69) is 148 Å². The quantitative estimate of drug-likeness (QED) is 0.0307. The summed E-state index contributed by atoms with van der Waals surface area (Å²) in [5.74, 6) is 2.31. The summed E-state index contributed by atoms with van der Waals surface area (Å²) in [7, 11) is 1.46. The highest BCUT2D eigenvalue weighted by molar-refractivity contribution is 5.87. The Morgan fingerprint density at radius 2 is 1.44 bits per heavy atom. The topological polar surface area (TPSA) is 84.5 Å². The molecule has 3 aromatic carbocycles. The van der Waals surface area contributed by atoms with Crippen LogP contribution in [0.4, 0.5) is 0 Å². The molecule has 1 amide bonds. The Morgan fingerprint density at radius 3 is 1.95 bits per heavy atom. The van der Waals surface area contributed by atoms with Crippen molar-refractivity contribution in [2.45, 2.75) is 128 Å². The fraction of sp³-hybridized carbons (Fsp3) is 0.449. The Morgan fingerprint density at radius 1 is 0.836 bits per heavy atom. The molecule has 306 valence electrons. The van der Waals surface area contributed by atoms with E-state index < -0.39 is 0 Å². The van der Waals surface area contributed by atoms with E-state index in [1.54, 1.807) is 18.2 Å². The van der Waals surface area contributed by atoms with Gasteiger partial charge in [0.2, 0.25) is 0 Å². The molecule has 0 bridgehead atoms. The number of hydrazine groups is 1. The number of hydrogen-bond donors (Lipinski definition) is 2. The predicted molar refractivity (Wildman–Crippen MR) is 241 cm³/mol. The lowest BCUT2D eigenvalue weighted by Gasteiger charge is -2.11. The standard InChI is InChI=1S/C18H20N2O4.C13H14.C7H14.C5H12.C4H10.C2H6/c1-13(19-20-18(23)9-5-14(2)24-3)4-7-16-8-6-15(11-21)10-17(16)12-22;1-10(2)12-9-5-7-11-6-3-4-8-13(11)12;1-3-5-7-6-4-2;1-4-5(2)3;1-4(2)3;1-2/h5-6,8-12,19H,1-2,4,7H2,3H3,(H,20,23);3-10H,1-2H3;3,5H,4,6-7H2,1-2H3;5H,4H2,1-3H3;4H,1-3H3;1-2H3/b9-5+;;5-3-;;;. The van der Waals surface area contributed by atoms with Gasteiger partial charge in [-0.25, -0.2) is 0 Å². The molecule has 0 saturated heterocycles. The van der Waals surface area contributed by atoms with E-state index in [1.807, 2.05) is 13.8 Å². The third-order valence-electron chi connectivity index (χ3n) is 7.40. The van der Waals surface area contributed by atoms with Crippen molar-refractivity contribution >= 4 is 29.3 Å². The van der Waals surface area contributed by atoms with Gasteiger partial charge in [-0.3, -0.25) is 19.8 Å². The van der Waals surface area contributed by atoms with E-state index in [1.165, 1.54) is 61.3 Å². The number of benzene rings is 3. The van der Waals surface area contributed by atoms with Gasteiger partial charge in [0.15, 0.2) is 0 Å². The zero-order chi connectivity index (χ0) is 42.6. The minimum absolute atomic E-state index is 0.365. The van der Waals surface area contributed by atoms with Gasteiger partial charge in [-0.15, -0.1) is 0 Å². The number of rotatable bonds is 15. The van der Waals surface area contributed by atoms with Crippen molar-refractivity contribution in [2.75, 3.05) is 7.11 Å². The van der Waals surface area contributed by atoms with Crippen LogP contribution < -0.4 is 10.9 Å². The zero-order valence-corrected chi connectivity index (χ0v) is 36.8. The average Bonchev–Trinajstić information content (AvgIpc) is 3.19. The predicted octanol–water partition coefficient (Wildman–Crippen LogP) is 13.6. The number of allylic oxidation sites excluding steroid dienone is 4. The Hall–Kier alpha value is -4.71. The van der Waals surface area contributed by atoms with Crippen LogP contribution in [0.1, 0.15) is 153 Å². The molecule has 0 heterocycles. The van der Waals surface area contributed by atoms with Gasteiger partial charge in [-0.2, -0.15) is 0 Å². The molecule has 0 atom stereocenters. The van der Waals surface area contributed by atoms with Crippen LogP contribution in [0.2, 0.25) is 0 Å². The molecule has 0 unspecified atom stereocenters. The molecule has 2 N–H and O–H groups in total. The summed E-state index contributed by atoms with van der Waals surface area (Å²) in [4.78, 5) is 33.3. The van der Waals surface area contributed by atoms with E-state index in [0.717, 1.165) is 17.4 Å². The first-order chi connectivity index (χ1) is 26.2. The van der Waals surface area contributed by atoms with Crippen molar-refractivity contribution in [3.8, 4) is 0 Å². The van der Waals surface area contributed by atoms with Crippen molar-refractivity contribution in [3.05, 3.63) is 132 Å². The Balaban J connectivity index is -0.000000723. The highest BCUT2D eigenvalue weighted by Crippen LogP contribution is 2.24.